The van der Waals surface area contributed by atoms with Gasteiger partial charge in [0.05, 0.1) is 13.1 Å². The van der Waals surface area contributed by atoms with Crippen LogP contribution in [0.25, 0.3) is 0 Å². The predicted octanol–water partition coefficient (Wildman–Crippen LogP) is 1.08. The van der Waals surface area contributed by atoms with E-state index in [0.717, 1.165) is 31.6 Å². The number of nitrogens with one attached hydrogen (secondary N) is 2. The first kappa shape index (κ1) is 10.4. The number of benzene rings is 1. The molecule has 82 valence electrons. The molecule has 1 fully saturated rings. The number of hydrogen-bond donors (Lipinski definition) is 2. The Morgan fingerprint density at radius 3 is 2.40 bits per heavy atom. The van der Waals surface area contributed by atoms with Crippen LogP contribution in [0.5, 0.6) is 0 Å². The molecule has 3 heteroatoms. The first-order valence-electron chi connectivity index (χ1n) is 5.43. The van der Waals surface area contributed by atoms with Gasteiger partial charge in [-0.15, -0.1) is 0 Å². The van der Waals surface area contributed by atoms with Crippen molar-refractivity contribution in [3.8, 4) is 0 Å². The van der Waals surface area contributed by atoms with Gasteiger partial charge in [-0.05, 0) is 24.3 Å². The minimum atomic E-state index is -0.183. The van der Waals surface area contributed by atoms with Gasteiger partial charge in [-0.2, -0.15) is 7.05 Å². The van der Waals surface area contributed by atoms with Crippen molar-refractivity contribution in [3.05, 3.63) is 37.1 Å². The Kier molecular flexibility index (Phi) is 3.21. The monoisotopic (exact) mass is 208 g/mol. The zero-order chi connectivity index (χ0) is 10.7. The van der Waals surface area contributed by atoms with Crippen LogP contribution in [-0.4, -0.2) is 19.1 Å². The van der Waals surface area contributed by atoms with Crippen molar-refractivity contribution in [1.82, 2.24) is 0 Å². The Labute approximate surface area is 90.1 Å². The smallest absolute Gasteiger partial charge is 0.123 e. The largest absolute Gasteiger partial charge is 0.468 e. The fourth-order valence-corrected chi connectivity index (χ4v) is 1.95. The van der Waals surface area contributed by atoms with E-state index in [-0.39, 0.29) is 5.82 Å². The van der Waals surface area contributed by atoms with Gasteiger partial charge in [-0.3, -0.25) is 0 Å². The molecular weight excluding hydrogens is 191 g/mol. The molecule has 2 rings (SSSR count). The van der Waals surface area contributed by atoms with Crippen LogP contribution in [0.1, 0.15) is 12.8 Å². The Balaban J connectivity index is 1.89. The van der Waals surface area contributed by atoms with E-state index in [1.54, 1.807) is 12.1 Å². The highest BCUT2D eigenvalue weighted by atomic mass is 19.1. The normalized spacial score (nSPS) is 26.3. The van der Waals surface area contributed by atoms with E-state index in [1.807, 2.05) is 0 Å². The molecule has 0 radical (unpaired) electrons. The molecule has 2 N–H and O–H groups in total. The molecule has 1 heterocycles. The van der Waals surface area contributed by atoms with Crippen molar-refractivity contribution in [2.24, 2.45) is 0 Å². The summed E-state index contributed by atoms with van der Waals surface area (Å²) >= 11 is 0. The Bertz CT molecular complexity index is 302. The van der Waals surface area contributed by atoms with E-state index < -0.39 is 0 Å². The maximum Gasteiger partial charge on any atom is 0.123 e. The average Bonchev–Trinajstić information content (AvgIpc) is 2.25. The summed E-state index contributed by atoms with van der Waals surface area (Å²) in [4.78, 5) is 1.35. The van der Waals surface area contributed by atoms with Crippen LogP contribution in [0.4, 0.5) is 10.1 Å². The second-order valence-electron chi connectivity index (χ2n) is 4.18. The second-order valence-corrected chi connectivity index (χ2v) is 4.18. The first-order chi connectivity index (χ1) is 7.24. The third-order valence-corrected chi connectivity index (χ3v) is 2.91. The lowest BCUT2D eigenvalue weighted by Gasteiger charge is -2.31. The number of rotatable bonds is 2. The van der Waals surface area contributed by atoms with E-state index >= 15 is 0 Å². The number of piperidine rings is 1. The lowest BCUT2D eigenvalue weighted by Crippen LogP contribution is -3.08. The first-order valence-corrected chi connectivity index (χ1v) is 5.43. The summed E-state index contributed by atoms with van der Waals surface area (Å²) in [5.41, 5.74) is 1.01. The van der Waals surface area contributed by atoms with Crippen molar-refractivity contribution in [3.63, 3.8) is 0 Å². The molecule has 0 aromatic heterocycles. The number of likely N-dealkylation sites (tertiary alicyclic amines) is 1. The fraction of sp³-hybridized carbons (Fsp3) is 0.417. The SMILES string of the molecule is [CH2-][NH+]1CCC(Nc2ccc(F)cc2)CC1. The van der Waals surface area contributed by atoms with Crippen molar-refractivity contribution >= 4 is 5.69 Å². The fourth-order valence-electron chi connectivity index (χ4n) is 1.95. The molecule has 2 nitrogen and oxygen atoms in total. The van der Waals surface area contributed by atoms with Crippen LogP contribution in [-0.2, 0) is 0 Å². The van der Waals surface area contributed by atoms with Crippen LogP contribution in [0.2, 0.25) is 0 Å². The van der Waals surface area contributed by atoms with Gasteiger partial charge < -0.3 is 10.2 Å². The number of halogens is 1. The molecule has 0 unspecified atom stereocenters. The summed E-state index contributed by atoms with van der Waals surface area (Å²) in [5, 5.41) is 3.42. The third-order valence-electron chi connectivity index (χ3n) is 2.91. The van der Waals surface area contributed by atoms with E-state index in [0.29, 0.717) is 6.04 Å². The van der Waals surface area contributed by atoms with Crippen LogP contribution in [0.3, 0.4) is 0 Å². The van der Waals surface area contributed by atoms with Gasteiger partial charge in [0.2, 0.25) is 0 Å². The molecule has 1 aliphatic heterocycles. The van der Waals surface area contributed by atoms with E-state index in [2.05, 4.69) is 12.4 Å². The highest BCUT2D eigenvalue weighted by Crippen LogP contribution is 2.12. The van der Waals surface area contributed by atoms with Crippen LogP contribution in [0.15, 0.2) is 24.3 Å². The van der Waals surface area contributed by atoms with Gasteiger partial charge >= 0.3 is 0 Å². The number of quaternary nitrogens is 1. The maximum atomic E-state index is 12.7. The third kappa shape index (κ3) is 2.93. The molecule has 1 aliphatic rings. The van der Waals surface area contributed by atoms with Gasteiger partial charge in [0.25, 0.3) is 0 Å². The minimum Gasteiger partial charge on any atom is -0.468 e. The molecule has 0 saturated carbocycles. The Morgan fingerprint density at radius 1 is 1.20 bits per heavy atom. The summed E-state index contributed by atoms with van der Waals surface area (Å²) in [6.45, 7) is 2.22. The van der Waals surface area contributed by atoms with Crippen molar-refractivity contribution in [1.29, 1.82) is 0 Å². The van der Waals surface area contributed by atoms with Gasteiger partial charge in [-0.1, -0.05) is 0 Å². The maximum absolute atomic E-state index is 12.7. The molecule has 0 atom stereocenters. The van der Waals surface area contributed by atoms with E-state index in [1.165, 1.54) is 17.0 Å². The van der Waals surface area contributed by atoms with Gasteiger partial charge in [0.15, 0.2) is 0 Å². The molecule has 0 spiro atoms. The molecule has 0 bridgehead atoms. The van der Waals surface area contributed by atoms with Gasteiger partial charge in [0.1, 0.15) is 5.82 Å². The van der Waals surface area contributed by atoms with Gasteiger partial charge in [0, 0.05) is 24.6 Å². The highest BCUT2D eigenvalue weighted by molar-refractivity contribution is 5.43. The lowest BCUT2D eigenvalue weighted by atomic mass is 10.1. The summed E-state index contributed by atoms with van der Waals surface area (Å²) in [7, 11) is 3.99. The summed E-state index contributed by atoms with van der Waals surface area (Å²) < 4.78 is 12.7. The van der Waals surface area contributed by atoms with Gasteiger partial charge in [-0.25, -0.2) is 4.39 Å². The zero-order valence-electron chi connectivity index (χ0n) is 8.80. The summed E-state index contributed by atoms with van der Waals surface area (Å²) in [6, 6.07) is 7.08. The average molecular weight is 208 g/mol. The molecule has 1 saturated heterocycles. The molecule has 15 heavy (non-hydrogen) atoms. The van der Waals surface area contributed by atoms with E-state index in [9.17, 15) is 4.39 Å². The number of hydrogen-bond acceptors (Lipinski definition) is 1. The molecule has 1 aromatic rings. The molecule has 0 amide bonds. The predicted molar refractivity (Wildman–Crippen MR) is 59.1 cm³/mol. The Hall–Kier alpha value is -1.09. The van der Waals surface area contributed by atoms with Crippen molar-refractivity contribution in [2.75, 3.05) is 18.4 Å². The summed E-state index contributed by atoms with van der Waals surface area (Å²) in [6.07, 6.45) is 2.27. The van der Waals surface area contributed by atoms with Crippen LogP contribution < -0.4 is 10.2 Å². The summed E-state index contributed by atoms with van der Waals surface area (Å²) in [5.74, 6) is -0.183. The standard InChI is InChI=1S/C12H17FN2/c1-15-8-6-12(7-9-15)14-11-4-2-10(13)3-5-11/h2-5,12,14-15H,1,6-9H2. The Morgan fingerprint density at radius 2 is 1.80 bits per heavy atom. The second kappa shape index (κ2) is 4.62. The molecule has 0 aliphatic carbocycles. The van der Waals surface area contributed by atoms with Crippen molar-refractivity contribution < 1.29 is 9.29 Å². The highest BCUT2D eigenvalue weighted by Gasteiger charge is 2.16. The number of anilines is 1. The van der Waals surface area contributed by atoms with Crippen LogP contribution >= 0.6 is 0 Å². The van der Waals surface area contributed by atoms with Crippen LogP contribution in [0, 0.1) is 12.9 Å². The van der Waals surface area contributed by atoms with Crippen molar-refractivity contribution in [2.45, 2.75) is 18.9 Å². The zero-order valence-corrected chi connectivity index (χ0v) is 8.80. The quantitative estimate of drug-likeness (QED) is 0.695. The molecular formula is C12H17FN2. The lowest BCUT2D eigenvalue weighted by molar-refractivity contribution is -0.859. The topological polar surface area (TPSA) is 16.5 Å². The molecule has 1 aromatic carbocycles. The van der Waals surface area contributed by atoms with E-state index in [4.69, 9.17) is 0 Å². The minimum absolute atomic E-state index is 0.183.